The van der Waals surface area contributed by atoms with Crippen molar-refractivity contribution in [1.29, 1.82) is 0 Å². The van der Waals surface area contributed by atoms with Crippen LogP contribution < -0.4 is 10.6 Å². The first-order valence-corrected chi connectivity index (χ1v) is 13.3. The normalized spacial score (nSPS) is 16.1. The van der Waals surface area contributed by atoms with E-state index in [1.165, 1.54) is 36.7 Å². The van der Waals surface area contributed by atoms with Crippen molar-refractivity contribution in [2.45, 2.75) is 70.3 Å². The summed E-state index contributed by atoms with van der Waals surface area (Å²) in [6, 6.07) is 5.42. The number of hydrogen-bond donors (Lipinski definition) is 2. The third-order valence-electron chi connectivity index (χ3n) is 6.55. The third kappa shape index (κ3) is 7.91. The molecule has 2 amide bonds. The monoisotopic (exact) mass is 503 g/mol. The highest BCUT2D eigenvalue weighted by atomic mass is 35.5. The summed E-state index contributed by atoms with van der Waals surface area (Å²) in [5, 5.41) is 7.25. The number of nitrogens with zero attached hydrogens (tertiary/aromatic N) is 1. The molecule has 3 rings (SSSR count). The molecule has 2 atom stereocenters. The summed E-state index contributed by atoms with van der Waals surface area (Å²) in [5.74, 6) is -0.343. The number of ketones is 1. The van der Waals surface area contributed by atoms with Crippen LogP contribution in [0.15, 0.2) is 30.9 Å². The van der Waals surface area contributed by atoms with Gasteiger partial charge in [0.1, 0.15) is 0 Å². The number of amides is 2. The summed E-state index contributed by atoms with van der Waals surface area (Å²) in [5.41, 5.74) is 0.835. The molecule has 0 bridgehead atoms. The lowest BCUT2D eigenvalue weighted by molar-refractivity contribution is -0.130. The second-order valence-corrected chi connectivity index (χ2v) is 10.7. The molecular formula is C26H34ClN3O3S. The molecule has 1 fully saturated rings. The molecule has 0 unspecified atom stereocenters. The Labute approximate surface area is 210 Å². The van der Waals surface area contributed by atoms with Crippen molar-refractivity contribution in [3.63, 3.8) is 0 Å². The zero-order chi connectivity index (χ0) is 24.5. The van der Waals surface area contributed by atoms with Gasteiger partial charge in [-0.25, -0.2) is 4.98 Å². The molecule has 1 saturated carbocycles. The number of benzene rings is 1. The van der Waals surface area contributed by atoms with Gasteiger partial charge in [0, 0.05) is 37.4 Å². The van der Waals surface area contributed by atoms with Crippen LogP contribution in [0.4, 0.5) is 0 Å². The molecule has 1 heterocycles. The largest absolute Gasteiger partial charge is 0.359 e. The number of rotatable bonds is 12. The van der Waals surface area contributed by atoms with Crippen LogP contribution in [0.5, 0.6) is 0 Å². The summed E-state index contributed by atoms with van der Waals surface area (Å²) >= 11 is 7.60. The first-order chi connectivity index (χ1) is 16.4. The average molecular weight is 504 g/mol. The molecule has 0 radical (unpaired) electrons. The van der Waals surface area contributed by atoms with Crippen molar-refractivity contribution in [2.75, 3.05) is 7.05 Å². The van der Waals surface area contributed by atoms with E-state index in [4.69, 9.17) is 11.6 Å². The van der Waals surface area contributed by atoms with E-state index in [-0.39, 0.29) is 30.1 Å². The molecule has 1 aromatic carbocycles. The molecular weight excluding hydrogens is 470 g/mol. The molecule has 0 spiro atoms. The van der Waals surface area contributed by atoms with Crippen molar-refractivity contribution in [3.8, 4) is 0 Å². The summed E-state index contributed by atoms with van der Waals surface area (Å²) in [4.78, 5) is 42.1. The number of halogens is 1. The number of aromatic nitrogens is 1. The van der Waals surface area contributed by atoms with E-state index < -0.39 is 5.92 Å². The van der Waals surface area contributed by atoms with Crippen LogP contribution in [0.2, 0.25) is 5.02 Å². The fourth-order valence-corrected chi connectivity index (χ4v) is 5.96. The molecule has 2 N–H and O–H groups in total. The van der Waals surface area contributed by atoms with Crippen LogP contribution in [0.1, 0.15) is 62.8 Å². The molecule has 34 heavy (non-hydrogen) atoms. The Morgan fingerprint density at radius 2 is 2.03 bits per heavy atom. The van der Waals surface area contributed by atoms with Crippen molar-refractivity contribution < 1.29 is 14.4 Å². The van der Waals surface area contributed by atoms with Crippen molar-refractivity contribution in [3.05, 3.63) is 40.9 Å². The maximum Gasteiger partial charge on any atom is 0.224 e. The Morgan fingerprint density at radius 1 is 1.26 bits per heavy atom. The third-order valence-corrected chi connectivity index (χ3v) is 7.83. The molecule has 1 aliphatic carbocycles. The van der Waals surface area contributed by atoms with Gasteiger partial charge >= 0.3 is 0 Å². The minimum Gasteiger partial charge on any atom is -0.359 e. The van der Waals surface area contributed by atoms with Gasteiger partial charge in [0.2, 0.25) is 11.8 Å². The lowest BCUT2D eigenvalue weighted by Crippen LogP contribution is -2.42. The van der Waals surface area contributed by atoms with Gasteiger partial charge in [-0.2, -0.15) is 0 Å². The summed E-state index contributed by atoms with van der Waals surface area (Å²) in [7, 11) is 1.57. The van der Waals surface area contributed by atoms with Gasteiger partial charge in [-0.05, 0) is 43.0 Å². The lowest BCUT2D eigenvalue weighted by Gasteiger charge is -2.28. The number of thiazole rings is 1. The molecule has 1 aliphatic rings. The Bertz CT molecular complexity index is 1020. The van der Waals surface area contributed by atoms with Gasteiger partial charge in [-0.3, -0.25) is 14.4 Å². The minimum atomic E-state index is -0.542. The Balaban J connectivity index is 1.73. The smallest absolute Gasteiger partial charge is 0.224 e. The number of nitrogens with one attached hydrogen (secondary N) is 2. The Hall–Kier alpha value is -2.25. The van der Waals surface area contributed by atoms with Crippen molar-refractivity contribution in [1.82, 2.24) is 15.6 Å². The SMILES string of the molecule is C=CC(=O)CC[C@H](CC1CCCCC1)NC(=O)[C@@H](CC(=O)NC)Cc1nc2ccc(Cl)cc2s1. The first kappa shape index (κ1) is 26.4. The van der Waals surface area contributed by atoms with E-state index in [9.17, 15) is 14.4 Å². The summed E-state index contributed by atoms with van der Waals surface area (Å²) in [6.07, 6.45) is 9.64. The van der Waals surface area contributed by atoms with Crippen LogP contribution in [0.3, 0.4) is 0 Å². The predicted octanol–water partition coefficient (Wildman–Crippen LogP) is 5.24. The summed E-state index contributed by atoms with van der Waals surface area (Å²) in [6.45, 7) is 3.56. The van der Waals surface area contributed by atoms with E-state index in [1.54, 1.807) is 13.1 Å². The van der Waals surface area contributed by atoms with Crippen LogP contribution in [0, 0.1) is 11.8 Å². The summed E-state index contributed by atoms with van der Waals surface area (Å²) < 4.78 is 0.958. The predicted molar refractivity (Wildman–Crippen MR) is 138 cm³/mol. The van der Waals surface area contributed by atoms with Gasteiger partial charge in [-0.15, -0.1) is 11.3 Å². The number of carbonyl (C=O) groups is 3. The highest BCUT2D eigenvalue weighted by molar-refractivity contribution is 7.18. The lowest BCUT2D eigenvalue weighted by atomic mass is 9.83. The Kier molecular flexibility index (Phi) is 10.1. The van der Waals surface area contributed by atoms with Crippen LogP contribution in [-0.4, -0.2) is 35.7 Å². The zero-order valence-electron chi connectivity index (χ0n) is 19.8. The van der Waals surface area contributed by atoms with E-state index in [0.29, 0.717) is 30.2 Å². The number of hydrogen-bond acceptors (Lipinski definition) is 5. The molecule has 0 saturated heterocycles. The molecule has 1 aromatic heterocycles. The van der Waals surface area contributed by atoms with Gasteiger partial charge in [0.05, 0.1) is 21.1 Å². The van der Waals surface area contributed by atoms with Gasteiger partial charge in [-0.1, -0.05) is 50.3 Å². The van der Waals surface area contributed by atoms with Crippen molar-refractivity contribution in [2.24, 2.45) is 11.8 Å². The number of fused-ring (bicyclic) bond motifs is 1. The molecule has 8 heteroatoms. The second kappa shape index (κ2) is 13.0. The number of allylic oxidation sites excluding steroid dienone is 1. The number of carbonyl (C=O) groups excluding carboxylic acids is 3. The van der Waals surface area contributed by atoms with Crippen LogP contribution in [0.25, 0.3) is 10.2 Å². The molecule has 2 aromatic rings. The fraction of sp³-hybridized carbons (Fsp3) is 0.538. The topological polar surface area (TPSA) is 88.2 Å². The highest BCUT2D eigenvalue weighted by Crippen LogP contribution is 2.30. The van der Waals surface area contributed by atoms with Crippen molar-refractivity contribution >= 4 is 50.8 Å². The maximum absolute atomic E-state index is 13.4. The Morgan fingerprint density at radius 3 is 2.74 bits per heavy atom. The van der Waals surface area contributed by atoms with Crippen LogP contribution in [-0.2, 0) is 20.8 Å². The van der Waals surface area contributed by atoms with E-state index in [0.717, 1.165) is 34.5 Å². The van der Waals surface area contributed by atoms with E-state index in [2.05, 4.69) is 22.2 Å². The van der Waals surface area contributed by atoms with Gasteiger partial charge < -0.3 is 10.6 Å². The maximum atomic E-state index is 13.4. The molecule has 0 aliphatic heterocycles. The fourth-order valence-electron chi connectivity index (χ4n) is 4.64. The first-order valence-electron chi connectivity index (χ1n) is 12.1. The molecule has 184 valence electrons. The highest BCUT2D eigenvalue weighted by Gasteiger charge is 2.27. The second-order valence-electron chi connectivity index (χ2n) is 9.15. The average Bonchev–Trinajstić information content (AvgIpc) is 3.23. The van der Waals surface area contributed by atoms with Gasteiger partial charge in [0.25, 0.3) is 0 Å². The van der Waals surface area contributed by atoms with Crippen LogP contribution >= 0.6 is 22.9 Å². The minimum absolute atomic E-state index is 0.0158. The zero-order valence-corrected chi connectivity index (χ0v) is 21.4. The van der Waals surface area contributed by atoms with Gasteiger partial charge in [0.15, 0.2) is 5.78 Å². The van der Waals surface area contributed by atoms with E-state index >= 15 is 0 Å². The van der Waals surface area contributed by atoms with E-state index in [1.807, 2.05) is 12.1 Å². The quantitative estimate of drug-likeness (QED) is 0.388. The molecule has 6 nitrogen and oxygen atoms in total. The standard InChI is InChI=1S/C26H34ClN3O3S/c1-3-21(31)11-10-20(13-17-7-5-4-6-8-17)29-26(33)18(14-24(32)28-2)15-25-30-22-12-9-19(27)16-23(22)34-25/h3,9,12,16-18,20H,1,4-8,10-11,13-15H2,2H3,(H,28,32)(H,29,33)/t18-,20+/m0/s1.